The standard InChI is InChI=1S/C28H29Cl2FN2O2/c1-2-3-15-32-28(35)26(16-20-7-5-4-6-8-20)33(19-21-9-13-24(31)14-10-21)27(34)17-22-11-12-23(29)18-25(22)30/h4-14,18,26H,2-3,15-17,19H2,1H3,(H,32,35). The Morgan fingerprint density at radius 3 is 2.34 bits per heavy atom. The van der Waals surface area contributed by atoms with Gasteiger partial charge in [-0.25, -0.2) is 4.39 Å². The van der Waals surface area contributed by atoms with Gasteiger partial charge in [0.15, 0.2) is 0 Å². The summed E-state index contributed by atoms with van der Waals surface area (Å²) in [6, 6.07) is 19.8. The van der Waals surface area contributed by atoms with Crippen LogP contribution in [0, 0.1) is 5.82 Å². The summed E-state index contributed by atoms with van der Waals surface area (Å²) in [5.74, 6) is -0.845. The maximum absolute atomic E-state index is 13.7. The molecule has 7 heteroatoms. The highest BCUT2D eigenvalue weighted by atomic mass is 35.5. The second-order valence-corrected chi connectivity index (χ2v) is 9.25. The molecule has 0 aliphatic carbocycles. The van der Waals surface area contributed by atoms with Crippen molar-refractivity contribution in [2.75, 3.05) is 6.54 Å². The number of benzene rings is 3. The van der Waals surface area contributed by atoms with Crippen molar-refractivity contribution >= 4 is 35.0 Å². The lowest BCUT2D eigenvalue weighted by Crippen LogP contribution is -2.51. The van der Waals surface area contributed by atoms with Gasteiger partial charge in [0.25, 0.3) is 0 Å². The van der Waals surface area contributed by atoms with Crippen molar-refractivity contribution in [3.63, 3.8) is 0 Å². The zero-order valence-electron chi connectivity index (χ0n) is 19.6. The number of hydrogen-bond acceptors (Lipinski definition) is 2. The summed E-state index contributed by atoms with van der Waals surface area (Å²) < 4.78 is 13.5. The maximum Gasteiger partial charge on any atom is 0.243 e. The second kappa shape index (κ2) is 13.3. The molecule has 4 nitrogen and oxygen atoms in total. The Hall–Kier alpha value is -2.89. The van der Waals surface area contributed by atoms with Gasteiger partial charge in [-0.3, -0.25) is 9.59 Å². The molecule has 35 heavy (non-hydrogen) atoms. The topological polar surface area (TPSA) is 49.4 Å². The lowest BCUT2D eigenvalue weighted by atomic mass is 10.0. The van der Waals surface area contributed by atoms with Crippen LogP contribution in [0.5, 0.6) is 0 Å². The Labute approximate surface area is 216 Å². The monoisotopic (exact) mass is 514 g/mol. The van der Waals surface area contributed by atoms with Gasteiger partial charge in [-0.05, 0) is 47.4 Å². The number of nitrogens with zero attached hydrogens (tertiary/aromatic N) is 1. The van der Waals surface area contributed by atoms with Gasteiger partial charge in [-0.2, -0.15) is 0 Å². The molecule has 184 valence electrons. The summed E-state index contributed by atoms with van der Waals surface area (Å²) in [6.07, 6.45) is 2.14. The van der Waals surface area contributed by atoms with Crippen LogP contribution in [0.2, 0.25) is 10.0 Å². The van der Waals surface area contributed by atoms with Crippen LogP contribution in [0.4, 0.5) is 4.39 Å². The van der Waals surface area contributed by atoms with Gasteiger partial charge in [-0.15, -0.1) is 0 Å². The molecule has 1 atom stereocenters. The van der Waals surface area contributed by atoms with E-state index in [-0.39, 0.29) is 30.6 Å². The van der Waals surface area contributed by atoms with Gasteiger partial charge in [0.1, 0.15) is 11.9 Å². The fraction of sp³-hybridized carbons (Fsp3) is 0.286. The van der Waals surface area contributed by atoms with Gasteiger partial charge < -0.3 is 10.2 Å². The first-order valence-electron chi connectivity index (χ1n) is 11.7. The molecule has 2 amide bonds. The summed E-state index contributed by atoms with van der Waals surface area (Å²) in [4.78, 5) is 28.6. The number of nitrogens with one attached hydrogen (secondary N) is 1. The highest BCUT2D eigenvalue weighted by molar-refractivity contribution is 6.35. The fourth-order valence-electron chi connectivity index (χ4n) is 3.78. The molecule has 0 saturated carbocycles. The van der Waals surface area contributed by atoms with Crippen LogP contribution >= 0.6 is 23.2 Å². The summed E-state index contributed by atoms with van der Waals surface area (Å²) >= 11 is 12.4. The van der Waals surface area contributed by atoms with E-state index >= 15 is 0 Å². The van der Waals surface area contributed by atoms with Crippen LogP contribution in [0.15, 0.2) is 72.8 Å². The first kappa shape index (κ1) is 26.7. The van der Waals surface area contributed by atoms with Crippen molar-refractivity contribution in [3.8, 4) is 0 Å². The molecule has 0 fully saturated rings. The smallest absolute Gasteiger partial charge is 0.243 e. The summed E-state index contributed by atoms with van der Waals surface area (Å²) in [6.45, 7) is 2.74. The third kappa shape index (κ3) is 8.08. The summed E-state index contributed by atoms with van der Waals surface area (Å²) in [7, 11) is 0. The molecule has 1 unspecified atom stereocenters. The van der Waals surface area contributed by atoms with Gasteiger partial charge in [0.2, 0.25) is 11.8 Å². The van der Waals surface area contributed by atoms with E-state index in [1.165, 1.54) is 12.1 Å². The Bertz CT molecular complexity index is 1120. The average molecular weight is 515 g/mol. The highest BCUT2D eigenvalue weighted by Crippen LogP contribution is 2.23. The third-order valence-corrected chi connectivity index (χ3v) is 6.31. The van der Waals surface area contributed by atoms with Crippen molar-refractivity contribution in [2.24, 2.45) is 0 Å². The summed E-state index contributed by atoms with van der Waals surface area (Å²) in [5.41, 5.74) is 2.28. The van der Waals surface area contributed by atoms with Crippen LogP contribution < -0.4 is 5.32 Å². The van der Waals surface area contributed by atoms with E-state index in [0.29, 0.717) is 28.6 Å². The van der Waals surface area contributed by atoms with Crippen molar-refractivity contribution in [1.29, 1.82) is 0 Å². The molecule has 0 bridgehead atoms. The molecule has 0 saturated heterocycles. The van der Waals surface area contributed by atoms with E-state index < -0.39 is 6.04 Å². The fourth-order valence-corrected chi connectivity index (χ4v) is 4.25. The second-order valence-electron chi connectivity index (χ2n) is 8.41. The van der Waals surface area contributed by atoms with Crippen molar-refractivity contribution in [2.45, 2.75) is 45.2 Å². The van der Waals surface area contributed by atoms with Crippen LogP contribution in [0.3, 0.4) is 0 Å². The quantitative estimate of drug-likeness (QED) is 0.308. The molecule has 0 radical (unpaired) electrons. The SMILES string of the molecule is CCCCNC(=O)C(Cc1ccccc1)N(Cc1ccc(F)cc1)C(=O)Cc1ccc(Cl)cc1Cl. The minimum atomic E-state index is -0.752. The maximum atomic E-state index is 13.7. The highest BCUT2D eigenvalue weighted by Gasteiger charge is 2.30. The predicted molar refractivity (Wildman–Crippen MR) is 139 cm³/mol. The zero-order valence-corrected chi connectivity index (χ0v) is 21.2. The molecule has 3 rings (SSSR count). The normalized spacial score (nSPS) is 11.7. The van der Waals surface area contributed by atoms with Crippen LogP contribution in [-0.2, 0) is 29.0 Å². The molecule has 0 aromatic heterocycles. The first-order valence-corrected chi connectivity index (χ1v) is 12.4. The first-order chi connectivity index (χ1) is 16.9. The molecular formula is C28H29Cl2FN2O2. The molecule has 0 aliphatic heterocycles. The number of halogens is 3. The molecule has 0 heterocycles. The van der Waals surface area contributed by atoms with Gasteiger partial charge >= 0.3 is 0 Å². The molecule has 0 spiro atoms. The number of carbonyl (C=O) groups excluding carboxylic acids is 2. The van der Waals surface area contributed by atoms with E-state index in [9.17, 15) is 14.0 Å². The lowest BCUT2D eigenvalue weighted by molar-refractivity contribution is -0.140. The molecule has 3 aromatic rings. The van der Waals surface area contributed by atoms with Crippen LogP contribution in [0.1, 0.15) is 36.5 Å². The minimum absolute atomic E-state index is 0.00469. The van der Waals surface area contributed by atoms with Gasteiger partial charge in [0.05, 0.1) is 6.42 Å². The van der Waals surface area contributed by atoms with Gasteiger partial charge in [0, 0.05) is 29.6 Å². The van der Waals surface area contributed by atoms with E-state index in [4.69, 9.17) is 23.2 Å². The Kier molecular flexibility index (Phi) is 10.1. The molecule has 0 aliphatic rings. The van der Waals surface area contributed by atoms with Crippen molar-refractivity contribution in [1.82, 2.24) is 10.2 Å². The summed E-state index contributed by atoms with van der Waals surface area (Å²) in [5, 5.41) is 3.85. The van der Waals surface area contributed by atoms with E-state index in [2.05, 4.69) is 5.32 Å². The van der Waals surface area contributed by atoms with Crippen molar-refractivity contribution < 1.29 is 14.0 Å². The minimum Gasteiger partial charge on any atom is -0.354 e. The van der Waals surface area contributed by atoms with Gasteiger partial charge in [-0.1, -0.05) is 85.1 Å². The van der Waals surface area contributed by atoms with Crippen LogP contribution in [0.25, 0.3) is 0 Å². The Morgan fingerprint density at radius 1 is 0.971 bits per heavy atom. The Balaban J connectivity index is 1.95. The number of rotatable bonds is 11. The Morgan fingerprint density at radius 2 is 1.69 bits per heavy atom. The number of amides is 2. The number of carbonyl (C=O) groups is 2. The lowest BCUT2D eigenvalue weighted by Gasteiger charge is -2.32. The van der Waals surface area contributed by atoms with E-state index in [0.717, 1.165) is 24.0 Å². The molecule has 3 aromatic carbocycles. The van der Waals surface area contributed by atoms with E-state index in [1.54, 1.807) is 35.2 Å². The van der Waals surface area contributed by atoms with E-state index in [1.807, 2.05) is 37.3 Å². The van der Waals surface area contributed by atoms with Crippen molar-refractivity contribution in [3.05, 3.63) is 105 Å². The zero-order chi connectivity index (χ0) is 25.2. The number of hydrogen-bond donors (Lipinski definition) is 1. The van der Waals surface area contributed by atoms with Crippen LogP contribution in [-0.4, -0.2) is 29.3 Å². The molecule has 1 N–H and O–H groups in total. The predicted octanol–water partition coefficient (Wildman–Crippen LogP) is 6.23. The average Bonchev–Trinajstić information content (AvgIpc) is 2.85. The number of unbranched alkanes of at least 4 members (excludes halogenated alkanes) is 1. The largest absolute Gasteiger partial charge is 0.354 e. The third-order valence-electron chi connectivity index (χ3n) is 5.72. The molecular weight excluding hydrogens is 486 g/mol.